The molecule has 3 heteroatoms. The predicted octanol–water partition coefficient (Wildman–Crippen LogP) is 6.47. The van der Waals surface area contributed by atoms with Crippen molar-refractivity contribution in [2.45, 2.75) is 51.3 Å². The first-order valence-electron chi connectivity index (χ1n) is 6.00. The molecule has 0 spiro atoms. The summed E-state index contributed by atoms with van der Waals surface area (Å²) >= 11 is 9.32. The lowest BCUT2D eigenvalue weighted by molar-refractivity contribution is 0.435. The van der Waals surface area contributed by atoms with E-state index in [-0.39, 0.29) is 0 Å². The monoisotopic (exact) mass is 366 g/mol. The van der Waals surface area contributed by atoms with E-state index in [1.807, 2.05) is 11.3 Å². The molecule has 0 radical (unpaired) electrons. The van der Waals surface area contributed by atoms with Crippen LogP contribution in [0.3, 0.4) is 0 Å². The largest absolute Gasteiger partial charge is 0.133 e. The van der Waals surface area contributed by atoms with Crippen molar-refractivity contribution in [3.05, 3.63) is 20.3 Å². The molecule has 1 atom stereocenters. The van der Waals surface area contributed by atoms with E-state index in [0.29, 0.717) is 4.83 Å². The van der Waals surface area contributed by atoms with Crippen molar-refractivity contribution in [3.8, 4) is 0 Å². The van der Waals surface area contributed by atoms with Crippen molar-refractivity contribution < 1.29 is 0 Å². The molecule has 0 fully saturated rings. The molecule has 0 aliphatic rings. The van der Waals surface area contributed by atoms with Crippen LogP contribution >= 0.6 is 43.2 Å². The molecular weight excluding hydrogens is 348 g/mol. The average Bonchev–Trinajstić information content (AvgIpc) is 2.56. The van der Waals surface area contributed by atoms with Gasteiger partial charge in [-0.25, -0.2) is 0 Å². The summed E-state index contributed by atoms with van der Waals surface area (Å²) in [5, 5.41) is 0. The van der Waals surface area contributed by atoms with Crippen LogP contribution in [0, 0.1) is 12.8 Å². The molecule has 0 aliphatic heterocycles. The van der Waals surface area contributed by atoms with E-state index in [0.717, 1.165) is 5.92 Å². The highest BCUT2D eigenvalue weighted by molar-refractivity contribution is 9.11. The highest BCUT2D eigenvalue weighted by Crippen LogP contribution is 2.41. The van der Waals surface area contributed by atoms with Crippen molar-refractivity contribution in [2.24, 2.45) is 5.92 Å². The third-order valence-corrected chi connectivity index (χ3v) is 5.77. The summed E-state index contributed by atoms with van der Waals surface area (Å²) in [5.41, 5.74) is 1.48. The quantitative estimate of drug-likeness (QED) is 0.505. The van der Waals surface area contributed by atoms with E-state index in [4.69, 9.17) is 0 Å². The molecule has 0 nitrogen and oxygen atoms in total. The molecule has 0 bridgehead atoms. The lowest BCUT2D eigenvalue weighted by atomic mass is 9.91. The Kier molecular flexibility index (Phi) is 6.60. The average molecular weight is 368 g/mol. The van der Waals surface area contributed by atoms with E-state index in [9.17, 15) is 0 Å². The van der Waals surface area contributed by atoms with E-state index >= 15 is 0 Å². The molecule has 16 heavy (non-hydrogen) atoms. The molecule has 0 N–H and O–H groups in total. The first kappa shape index (κ1) is 14.7. The summed E-state index contributed by atoms with van der Waals surface area (Å²) in [4.78, 5) is 1.96. The number of thiophene rings is 1. The molecular formula is C13H20Br2S. The van der Waals surface area contributed by atoms with E-state index in [2.05, 4.69) is 58.7 Å². The zero-order valence-electron chi connectivity index (χ0n) is 10.2. The third-order valence-electron chi connectivity index (χ3n) is 2.96. The zero-order chi connectivity index (χ0) is 12.1. The molecule has 1 rings (SSSR count). The summed E-state index contributed by atoms with van der Waals surface area (Å²) < 4.78 is 1.25. The van der Waals surface area contributed by atoms with Crippen molar-refractivity contribution in [2.75, 3.05) is 0 Å². The second-order valence-electron chi connectivity index (χ2n) is 4.30. The summed E-state index contributed by atoms with van der Waals surface area (Å²) in [6.45, 7) is 6.77. The molecule has 0 saturated heterocycles. The molecule has 1 aromatic rings. The Morgan fingerprint density at radius 2 is 1.81 bits per heavy atom. The Morgan fingerprint density at radius 3 is 2.19 bits per heavy atom. The molecule has 1 heterocycles. The maximum Gasteiger partial charge on any atom is 0.0704 e. The Morgan fingerprint density at radius 1 is 1.25 bits per heavy atom. The Labute approximate surface area is 120 Å². The van der Waals surface area contributed by atoms with Gasteiger partial charge in [0.15, 0.2) is 0 Å². The third kappa shape index (κ3) is 3.85. The summed E-state index contributed by atoms with van der Waals surface area (Å²) in [6, 6.07) is 2.28. The van der Waals surface area contributed by atoms with Gasteiger partial charge >= 0.3 is 0 Å². The second kappa shape index (κ2) is 7.17. The standard InChI is InChI=1S/C13H20Br2S/c1-4-6-10(7-5-2)13(15)11-8-12(14)16-9(11)3/h8,10,13H,4-7H2,1-3H3. The van der Waals surface area contributed by atoms with Gasteiger partial charge in [-0.3, -0.25) is 0 Å². The molecule has 1 aromatic heterocycles. The summed E-state index contributed by atoms with van der Waals surface area (Å²) in [7, 11) is 0. The summed E-state index contributed by atoms with van der Waals surface area (Å²) in [6.07, 6.45) is 5.18. The fourth-order valence-electron chi connectivity index (χ4n) is 2.16. The SMILES string of the molecule is CCCC(CCC)C(Br)c1cc(Br)sc1C. The second-order valence-corrected chi connectivity index (χ2v) is 7.92. The fraction of sp³-hybridized carbons (Fsp3) is 0.692. The van der Waals surface area contributed by atoms with Crippen molar-refractivity contribution >= 4 is 43.2 Å². The topological polar surface area (TPSA) is 0 Å². The minimum Gasteiger partial charge on any atom is -0.133 e. The van der Waals surface area contributed by atoms with Crippen molar-refractivity contribution in [1.82, 2.24) is 0 Å². The van der Waals surface area contributed by atoms with Crippen LogP contribution in [0.5, 0.6) is 0 Å². The molecule has 0 amide bonds. The van der Waals surface area contributed by atoms with Crippen molar-refractivity contribution in [3.63, 3.8) is 0 Å². The van der Waals surface area contributed by atoms with Crippen molar-refractivity contribution in [1.29, 1.82) is 0 Å². The molecule has 1 unspecified atom stereocenters. The summed E-state index contributed by atoms with van der Waals surface area (Å²) in [5.74, 6) is 0.773. The van der Waals surface area contributed by atoms with Gasteiger partial charge < -0.3 is 0 Å². The van der Waals surface area contributed by atoms with Gasteiger partial charge in [-0.05, 0) is 53.2 Å². The first-order valence-corrected chi connectivity index (χ1v) is 8.52. The van der Waals surface area contributed by atoms with Gasteiger partial charge in [-0.15, -0.1) is 11.3 Å². The van der Waals surface area contributed by atoms with Gasteiger partial charge in [0.2, 0.25) is 0 Å². The predicted molar refractivity (Wildman–Crippen MR) is 81.7 cm³/mol. The van der Waals surface area contributed by atoms with Gasteiger partial charge in [0, 0.05) is 9.70 Å². The van der Waals surface area contributed by atoms with Crippen LogP contribution in [0.25, 0.3) is 0 Å². The lowest BCUT2D eigenvalue weighted by Crippen LogP contribution is -2.07. The number of hydrogen-bond acceptors (Lipinski definition) is 1. The van der Waals surface area contributed by atoms with Crippen LogP contribution in [0.15, 0.2) is 9.85 Å². The highest BCUT2D eigenvalue weighted by Gasteiger charge is 2.22. The van der Waals surface area contributed by atoms with Gasteiger partial charge in [0.25, 0.3) is 0 Å². The Hall–Kier alpha value is 0.660. The first-order chi connectivity index (χ1) is 7.60. The van der Waals surface area contributed by atoms with Crippen LogP contribution in [0.4, 0.5) is 0 Å². The molecule has 0 aliphatic carbocycles. The molecule has 0 saturated carbocycles. The van der Waals surface area contributed by atoms with Crippen LogP contribution in [0.1, 0.15) is 54.8 Å². The van der Waals surface area contributed by atoms with Crippen LogP contribution < -0.4 is 0 Å². The highest BCUT2D eigenvalue weighted by atomic mass is 79.9. The van der Waals surface area contributed by atoms with Crippen LogP contribution in [-0.4, -0.2) is 0 Å². The number of aryl methyl sites for hydroxylation is 1. The van der Waals surface area contributed by atoms with E-state index in [1.54, 1.807) is 0 Å². The van der Waals surface area contributed by atoms with E-state index < -0.39 is 0 Å². The minimum absolute atomic E-state index is 0.523. The van der Waals surface area contributed by atoms with Crippen LogP contribution in [-0.2, 0) is 0 Å². The van der Waals surface area contributed by atoms with Gasteiger partial charge in [0.1, 0.15) is 0 Å². The Balaban J connectivity index is 2.80. The maximum atomic E-state index is 3.90. The Bertz CT molecular complexity index is 314. The normalized spacial score (nSPS) is 13.4. The number of halogens is 2. The van der Waals surface area contributed by atoms with Gasteiger partial charge in [0.05, 0.1) is 3.79 Å². The maximum absolute atomic E-state index is 3.90. The minimum atomic E-state index is 0.523. The zero-order valence-corrected chi connectivity index (χ0v) is 14.2. The lowest BCUT2D eigenvalue weighted by Gasteiger charge is -2.21. The fourth-order valence-corrected chi connectivity index (χ4v) is 5.08. The molecule has 0 aromatic carbocycles. The molecule has 92 valence electrons. The van der Waals surface area contributed by atoms with Gasteiger partial charge in [-0.1, -0.05) is 42.6 Å². The number of alkyl halides is 1. The number of hydrogen-bond donors (Lipinski definition) is 0. The van der Waals surface area contributed by atoms with Gasteiger partial charge in [-0.2, -0.15) is 0 Å². The van der Waals surface area contributed by atoms with E-state index in [1.165, 1.54) is 39.9 Å². The number of rotatable bonds is 6. The van der Waals surface area contributed by atoms with Crippen LogP contribution in [0.2, 0.25) is 0 Å². The smallest absolute Gasteiger partial charge is 0.0704 e.